The Hall–Kier alpha value is -1.17. The fourth-order valence-corrected chi connectivity index (χ4v) is 3.10. The third-order valence-electron chi connectivity index (χ3n) is 4.12. The number of ether oxygens (including phenoxy) is 2. The minimum absolute atomic E-state index is 0.294. The van der Waals surface area contributed by atoms with Crippen LogP contribution >= 0.6 is 0 Å². The molecule has 1 N–H and O–H groups in total. The molecule has 0 spiro atoms. The van der Waals surface area contributed by atoms with Gasteiger partial charge in [0.25, 0.3) is 0 Å². The zero-order valence-corrected chi connectivity index (χ0v) is 14.5. The summed E-state index contributed by atoms with van der Waals surface area (Å²) >= 11 is 0. The van der Waals surface area contributed by atoms with Gasteiger partial charge in [-0.15, -0.1) is 0 Å². The highest BCUT2D eigenvalue weighted by Crippen LogP contribution is 2.17. The molecule has 1 fully saturated rings. The first-order valence-electron chi connectivity index (χ1n) is 8.49. The zero-order chi connectivity index (χ0) is 16.7. The Bertz CT molecular complexity index is 474. The quantitative estimate of drug-likeness (QED) is 0.746. The minimum atomic E-state index is -0.303. The Labute approximate surface area is 139 Å². The fourth-order valence-electron chi connectivity index (χ4n) is 3.10. The van der Waals surface area contributed by atoms with Gasteiger partial charge in [0.15, 0.2) is 11.6 Å². The number of nitrogens with zero attached hydrogens (tertiary/aromatic N) is 1. The molecule has 2 unspecified atom stereocenters. The molecule has 1 saturated heterocycles. The van der Waals surface area contributed by atoms with Gasteiger partial charge in [0.05, 0.1) is 19.3 Å². The van der Waals surface area contributed by atoms with Gasteiger partial charge in [0, 0.05) is 19.6 Å². The van der Waals surface area contributed by atoms with E-state index in [1.54, 1.807) is 6.07 Å². The Morgan fingerprint density at radius 2 is 2.00 bits per heavy atom. The lowest BCUT2D eigenvalue weighted by Crippen LogP contribution is -2.45. The molecule has 5 heteroatoms. The molecule has 23 heavy (non-hydrogen) atoms. The minimum Gasteiger partial charge on any atom is -0.494 e. The van der Waals surface area contributed by atoms with Crippen LogP contribution in [0.4, 0.5) is 4.39 Å². The summed E-state index contributed by atoms with van der Waals surface area (Å²) in [4.78, 5) is 2.48. The van der Waals surface area contributed by atoms with Gasteiger partial charge in [0.1, 0.15) is 0 Å². The van der Waals surface area contributed by atoms with Crippen molar-refractivity contribution in [3.63, 3.8) is 0 Å². The van der Waals surface area contributed by atoms with Crippen LogP contribution in [0.15, 0.2) is 18.2 Å². The summed E-state index contributed by atoms with van der Waals surface area (Å²) in [6, 6.07) is 5.10. The van der Waals surface area contributed by atoms with Gasteiger partial charge < -0.3 is 14.8 Å². The molecule has 0 aromatic heterocycles. The molecule has 2 atom stereocenters. The Morgan fingerprint density at radius 1 is 1.26 bits per heavy atom. The van der Waals surface area contributed by atoms with Crippen molar-refractivity contribution in [3.05, 3.63) is 29.6 Å². The molecular formula is C18H29FN2O2. The second-order valence-corrected chi connectivity index (χ2v) is 6.37. The molecule has 1 aliphatic heterocycles. The summed E-state index contributed by atoms with van der Waals surface area (Å²) in [5, 5.41) is 3.37. The summed E-state index contributed by atoms with van der Waals surface area (Å²) in [6.45, 7) is 9.09. The Morgan fingerprint density at radius 3 is 2.65 bits per heavy atom. The van der Waals surface area contributed by atoms with Gasteiger partial charge in [-0.2, -0.15) is 0 Å². The van der Waals surface area contributed by atoms with Gasteiger partial charge in [-0.1, -0.05) is 6.07 Å². The van der Waals surface area contributed by atoms with E-state index < -0.39 is 0 Å². The lowest BCUT2D eigenvalue weighted by Gasteiger charge is -2.35. The lowest BCUT2D eigenvalue weighted by molar-refractivity contribution is -0.0681. The number of morpholine rings is 1. The lowest BCUT2D eigenvalue weighted by atomic mass is 10.2. The molecule has 1 aliphatic rings. The summed E-state index contributed by atoms with van der Waals surface area (Å²) in [5.74, 6) is -0.00919. The summed E-state index contributed by atoms with van der Waals surface area (Å²) < 4.78 is 24.2. The topological polar surface area (TPSA) is 33.7 Å². The number of hydrogen-bond acceptors (Lipinski definition) is 4. The Balaban J connectivity index is 1.58. The number of halogens is 1. The van der Waals surface area contributed by atoms with Crippen molar-refractivity contribution in [3.8, 4) is 5.75 Å². The molecule has 4 nitrogen and oxygen atoms in total. The van der Waals surface area contributed by atoms with Gasteiger partial charge in [-0.25, -0.2) is 4.39 Å². The van der Waals surface area contributed by atoms with E-state index in [1.807, 2.05) is 6.07 Å². The van der Waals surface area contributed by atoms with Crippen LogP contribution in [0.3, 0.4) is 0 Å². The summed E-state index contributed by atoms with van der Waals surface area (Å²) in [7, 11) is 1.48. The molecule has 0 amide bonds. The third-order valence-corrected chi connectivity index (χ3v) is 4.12. The first-order valence-corrected chi connectivity index (χ1v) is 8.49. The van der Waals surface area contributed by atoms with Crippen LogP contribution in [0.2, 0.25) is 0 Å². The smallest absolute Gasteiger partial charge is 0.165 e. The van der Waals surface area contributed by atoms with Gasteiger partial charge in [0.2, 0.25) is 0 Å². The van der Waals surface area contributed by atoms with Crippen molar-refractivity contribution in [2.45, 2.75) is 45.4 Å². The number of methoxy groups -OCH3 is 1. The van der Waals surface area contributed by atoms with Crippen molar-refractivity contribution < 1.29 is 13.9 Å². The maximum atomic E-state index is 13.6. The maximum Gasteiger partial charge on any atom is 0.165 e. The van der Waals surface area contributed by atoms with Gasteiger partial charge in [-0.3, -0.25) is 4.90 Å². The van der Waals surface area contributed by atoms with Gasteiger partial charge in [-0.05, 0) is 57.5 Å². The van der Waals surface area contributed by atoms with E-state index in [1.165, 1.54) is 19.6 Å². The molecule has 0 bridgehead atoms. The zero-order valence-electron chi connectivity index (χ0n) is 14.5. The third kappa shape index (κ3) is 6.09. The predicted octanol–water partition coefficient (Wildman–Crippen LogP) is 2.81. The maximum absolute atomic E-state index is 13.6. The van der Waals surface area contributed by atoms with Crippen molar-refractivity contribution in [1.82, 2.24) is 10.2 Å². The van der Waals surface area contributed by atoms with E-state index in [4.69, 9.17) is 9.47 Å². The molecule has 1 aromatic carbocycles. The van der Waals surface area contributed by atoms with Crippen LogP contribution < -0.4 is 10.1 Å². The molecular weight excluding hydrogens is 295 g/mol. The number of benzene rings is 1. The van der Waals surface area contributed by atoms with E-state index in [-0.39, 0.29) is 5.82 Å². The summed E-state index contributed by atoms with van der Waals surface area (Å²) in [6.07, 6.45) is 2.96. The van der Waals surface area contributed by atoms with Crippen LogP contribution in [0, 0.1) is 5.82 Å². The van der Waals surface area contributed by atoms with Gasteiger partial charge >= 0.3 is 0 Å². The van der Waals surface area contributed by atoms with Crippen LogP contribution in [-0.2, 0) is 11.3 Å². The monoisotopic (exact) mass is 324 g/mol. The molecule has 0 aliphatic carbocycles. The first-order chi connectivity index (χ1) is 11.1. The largest absolute Gasteiger partial charge is 0.494 e. The van der Waals surface area contributed by atoms with Crippen LogP contribution in [0.5, 0.6) is 5.75 Å². The predicted molar refractivity (Wildman–Crippen MR) is 90.3 cm³/mol. The van der Waals surface area contributed by atoms with E-state index in [0.29, 0.717) is 24.5 Å². The second kappa shape index (κ2) is 9.21. The first kappa shape index (κ1) is 18.2. The average Bonchev–Trinajstić information content (AvgIpc) is 2.50. The number of hydrogen-bond donors (Lipinski definition) is 1. The highest BCUT2D eigenvalue weighted by atomic mass is 19.1. The highest BCUT2D eigenvalue weighted by Gasteiger charge is 2.21. The highest BCUT2D eigenvalue weighted by molar-refractivity contribution is 5.29. The van der Waals surface area contributed by atoms with Crippen LogP contribution in [-0.4, -0.2) is 50.4 Å². The van der Waals surface area contributed by atoms with Crippen LogP contribution in [0.25, 0.3) is 0 Å². The fraction of sp³-hybridized carbons (Fsp3) is 0.667. The van der Waals surface area contributed by atoms with Crippen molar-refractivity contribution in [2.75, 3.05) is 33.3 Å². The van der Waals surface area contributed by atoms with E-state index in [0.717, 1.165) is 38.2 Å². The molecule has 0 saturated carbocycles. The van der Waals surface area contributed by atoms with E-state index >= 15 is 0 Å². The van der Waals surface area contributed by atoms with Crippen LogP contribution in [0.1, 0.15) is 32.3 Å². The summed E-state index contributed by atoms with van der Waals surface area (Å²) in [5.41, 5.74) is 0.944. The van der Waals surface area contributed by atoms with E-state index in [9.17, 15) is 4.39 Å². The number of rotatable bonds is 8. The average molecular weight is 324 g/mol. The SMILES string of the molecule is COc1ccc(CNCCCCN2CC(C)OC(C)C2)cc1F. The standard InChI is InChI=1S/C18H29FN2O2/c1-14-12-21(13-15(2)23-14)9-5-4-8-20-11-16-6-7-18(22-3)17(19)10-16/h6-7,10,14-15,20H,4-5,8-9,11-13H2,1-3H3. The number of nitrogens with one attached hydrogen (secondary N) is 1. The number of unbranched alkanes of at least 4 members (excludes halogenated alkanes) is 1. The second-order valence-electron chi connectivity index (χ2n) is 6.37. The normalized spacial score (nSPS) is 22.3. The molecule has 130 valence electrons. The molecule has 1 heterocycles. The van der Waals surface area contributed by atoms with Crippen molar-refractivity contribution >= 4 is 0 Å². The molecule has 0 radical (unpaired) electrons. The van der Waals surface area contributed by atoms with Crippen molar-refractivity contribution in [2.24, 2.45) is 0 Å². The molecule has 2 rings (SSSR count). The van der Waals surface area contributed by atoms with E-state index in [2.05, 4.69) is 24.1 Å². The Kier molecular flexibility index (Phi) is 7.27. The molecule has 1 aromatic rings. The van der Waals surface area contributed by atoms with Crippen molar-refractivity contribution in [1.29, 1.82) is 0 Å².